The molecule has 112 valence electrons. The van der Waals surface area contributed by atoms with E-state index in [0.29, 0.717) is 6.04 Å². The van der Waals surface area contributed by atoms with Crippen LogP contribution in [0, 0.1) is 0 Å². The van der Waals surface area contributed by atoms with Gasteiger partial charge in [-0.05, 0) is 67.2 Å². The molecule has 2 rings (SSSR count). The molecule has 3 heteroatoms. The first-order valence-corrected chi connectivity index (χ1v) is 8.42. The first-order chi connectivity index (χ1) is 9.37. The van der Waals surface area contributed by atoms with E-state index in [-0.39, 0.29) is 5.54 Å². The minimum Gasteiger partial charge on any atom is -0.371 e. The molecule has 0 aromatic heterocycles. The highest BCUT2D eigenvalue weighted by Gasteiger charge is 2.21. The van der Waals surface area contributed by atoms with Gasteiger partial charge >= 0.3 is 0 Å². The van der Waals surface area contributed by atoms with Crippen molar-refractivity contribution in [1.82, 2.24) is 5.32 Å². The lowest BCUT2D eigenvalue weighted by Gasteiger charge is -2.28. The van der Waals surface area contributed by atoms with Gasteiger partial charge in [0.15, 0.2) is 0 Å². The SMILES string of the molecule is CN(c1ccc(CNC(C)(C)C)cc1Br)C1CCCC1. The molecule has 1 N–H and O–H groups in total. The van der Waals surface area contributed by atoms with Gasteiger partial charge < -0.3 is 10.2 Å². The highest BCUT2D eigenvalue weighted by molar-refractivity contribution is 9.10. The Hall–Kier alpha value is -0.540. The Balaban J connectivity index is 2.05. The molecule has 0 unspecified atom stereocenters. The molecule has 0 bridgehead atoms. The molecule has 1 fully saturated rings. The third kappa shape index (κ3) is 4.23. The van der Waals surface area contributed by atoms with E-state index < -0.39 is 0 Å². The molecule has 0 saturated heterocycles. The topological polar surface area (TPSA) is 15.3 Å². The molecule has 20 heavy (non-hydrogen) atoms. The van der Waals surface area contributed by atoms with Crippen molar-refractivity contribution < 1.29 is 0 Å². The van der Waals surface area contributed by atoms with Gasteiger partial charge in [-0.25, -0.2) is 0 Å². The van der Waals surface area contributed by atoms with E-state index in [1.807, 2.05) is 0 Å². The second-order valence-electron chi connectivity index (χ2n) is 6.94. The van der Waals surface area contributed by atoms with Gasteiger partial charge in [-0.3, -0.25) is 0 Å². The number of nitrogens with zero attached hydrogens (tertiary/aromatic N) is 1. The summed E-state index contributed by atoms with van der Waals surface area (Å²) in [5.41, 5.74) is 2.80. The van der Waals surface area contributed by atoms with E-state index in [0.717, 1.165) is 6.54 Å². The van der Waals surface area contributed by atoms with Crippen molar-refractivity contribution in [1.29, 1.82) is 0 Å². The predicted molar refractivity (Wildman–Crippen MR) is 91.4 cm³/mol. The Bertz CT molecular complexity index is 445. The average molecular weight is 339 g/mol. The molecule has 2 nitrogen and oxygen atoms in total. The number of halogens is 1. The quantitative estimate of drug-likeness (QED) is 0.854. The summed E-state index contributed by atoms with van der Waals surface area (Å²) in [4.78, 5) is 2.44. The van der Waals surface area contributed by atoms with E-state index >= 15 is 0 Å². The molecule has 0 heterocycles. The summed E-state index contributed by atoms with van der Waals surface area (Å²) in [5, 5.41) is 3.53. The van der Waals surface area contributed by atoms with Crippen LogP contribution >= 0.6 is 15.9 Å². The van der Waals surface area contributed by atoms with Crippen LogP contribution in [0.3, 0.4) is 0 Å². The summed E-state index contributed by atoms with van der Waals surface area (Å²) in [5.74, 6) is 0. The normalized spacial score (nSPS) is 16.6. The van der Waals surface area contributed by atoms with Crippen LogP contribution in [-0.4, -0.2) is 18.6 Å². The van der Waals surface area contributed by atoms with Gasteiger partial charge in [0.1, 0.15) is 0 Å². The van der Waals surface area contributed by atoms with Gasteiger partial charge in [0, 0.05) is 29.6 Å². The number of anilines is 1. The van der Waals surface area contributed by atoms with Crippen molar-refractivity contribution in [2.75, 3.05) is 11.9 Å². The van der Waals surface area contributed by atoms with E-state index in [2.05, 4.69) is 72.2 Å². The van der Waals surface area contributed by atoms with Crippen molar-refractivity contribution in [3.05, 3.63) is 28.2 Å². The summed E-state index contributed by atoms with van der Waals surface area (Å²) >= 11 is 3.75. The molecule has 0 aliphatic heterocycles. The Kier molecular flexibility index (Phi) is 5.14. The molecule has 1 saturated carbocycles. The Labute approximate surface area is 132 Å². The standard InChI is InChI=1S/C17H27BrN2/c1-17(2,3)19-12-13-9-10-16(15(18)11-13)20(4)14-7-5-6-8-14/h9-11,14,19H,5-8,12H2,1-4H3. The number of hydrogen-bond acceptors (Lipinski definition) is 2. The Morgan fingerprint density at radius 2 is 1.90 bits per heavy atom. The maximum absolute atomic E-state index is 3.75. The fourth-order valence-electron chi connectivity index (χ4n) is 2.80. The number of nitrogens with one attached hydrogen (secondary N) is 1. The average Bonchev–Trinajstić information content (AvgIpc) is 2.88. The van der Waals surface area contributed by atoms with Crippen molar-refractivity contribution in [3.63, 3.8) is 0 Å². The van der Waals surface area contributed by atoms with Crippen LogP contribution in [0.5, 0.6) is 0 Å². The van der Waals surface area contributed by atoms with Gasteiger partial charge in [0.25, 0.3) is 0 Å². The highest BCUT2D eigenvalue weighted by atomic mass is 79.9. The zero-order chi connectivity index (χ0) is 14.8. The van der Waals surface area contributed by atoms with Crippen LogP contribution in [0.2, 0.25) is 0 Å². The Morgan fingerprint density at radius 1 is 1.25 bits per heavy atom. The van der Waals surface area contributed by atoms with Crippen molar-refractivity contribution >= 4 is 21.6 Å². The molecular weight excluding hydrogens is 312 g/mol. The van der Waals surface area contributed by atoms with Crippen LogP contribution in [0.4, 0.5) is 5.69 Å². The summed E-state index contributed by atoms with van der Waals surface area (Å²) in [6, 6.07) is 7.45. The number of rotatable bonds is 4. The molecule has 0 spiro atoms. The molecule has 1 aromatic rings. The van der Waals surface area contributed by atoms with Gasteiger partial charge in [-0.2, -0.15) is 0 Å². The van der Waals surface area contributed by atoms with E-state index in [1.54, 1.807) is 0 Å². The minimum absolute atomic E-state index is 0.159. The fourth-order valence-corrected chi connectivity index (χ4v) is 3.51. The first-order valence-electron chi connectivity index (χ1n) is 7.63. The first kappa shape index (κ1) is 15.8. The van der Waals surface area contributed by atoms with Gasteiger partial charge in [0.2, 0.25) is 0 Å². The molecule has 1 aromatic carbocycles. The molecule has 0 radical (unpaired) electrons. The second-order valence-corrected chi connectivity index (χ2v) is 7.79. The van der Waals surface area contributed by atoms with Crippen LogP contribution in [0.1, 0.15) is 52.0 Å². The van der Waals surface area contributed by atoms with Crippen molar-refractivity contribution in [2.24, 2.45) is 0 Å². The summed E-state index contributed by atoms with van der Waals surface area (Å²) in [6.45, 7) is 7.51. The van der Waals surface area contributed by atoms with Crippen molar-refractivity contribution in [2.45, 2.75) is 64.6 Å². The van der Waals surface area contributed by atoms with Gasteiger partial charge in [-0.1, -0.05) is 18.9 Å². The van der Waals surface area contributed by atoms with Crippen molar-refractivity contribution in [3.8, 4) is 0 Å². The molecule has 1 aliphatic rings. The molecule has 0 atom stereocenters. The molecular formula is C17H27BrN2. The molecule has 1 aliphatic carbocycles. The fraction of sp³-hybridized carbons (Fsp3) is 0.647. The Morgan fingerprint density at radius 3 is 2.45 bits per heavy atom. The monoisotopic (exact) mass is 338 g/mol. The van der Waals surface area contributed by atoms with Crippen LogP contribution in [-0.2, 0) is 6.54 Å². The largest absolute Gasteiger partial charge is 0.371 e. The second kappa shape index (κ2) is 6.48. The lowest BCUT2D eigenvalue weighted by molar-refractivity contribution is 0.424. The van der Waals surface area contributed by atoms with E-state index in [4.69, 9.17) is 0 Å². The minimum atomic E-state index is 0.159. The lowest BCUT2D eigenvalue weighted by Crippen LogP contribution is -2.35. The van der Waals surface area contributed by atoms with Gasteiger partial charge in [0.05, 0.1) is 5.69 Å². The van der Waals surface area contributed by atoms with E-state index in [1.165, 1.54) is 41.4 Å². The smallest absolute Gasteiger partial charge is 0.0510 e. The van der Waals surface area contributed by atoms with E-state index in [9.17, 15) is 0 Å². The summed E-state index contributed by atoms with van der Waals surface area (Å²) < 4.78 is 1.21. The zero-order valence-corrected chi connectivity index (χ0v) is 14.8. The zero-order valence-electron chi connectivity index (χ0n) is 13.2. The van der Waals surface area contributed by atoms with Crippen LogP contribution < -0.4 is 10.2 Å². The molecule has 0 amide bonds. The predicted octanol–water partition coefficient (Wildman–Crippen LogP) is 4.72. The third-order valence-electron chi connectivity index (χ3n) is 4.09. The summed E-state index contributed by atoms with van der Waals surface area (Å²) in [6.07, 6.45) is 5.41. The van der Waals surface area contributed by atoms with Crippen LogP contribution in [0.25, 0.3) is 0 Å². The number of hydrogen-bond donors (Lipinski definition) is 1. The summed E-state index contributed by atoms with van der Waals surface area (Å²) in [7, 11) is 2.23. The highest BCUT2D eigenvalue weighted by Crippen LogP contribution is 2.32. The maximum atomic E-state index is 3.75. The third-order valence-corrected chi connectivity index (χ3v) is 4.72. The number of benzene rings is 1. The maximum Gasteiger partial charge on any atom is 0.0510 e. The van der Waals surface area contributed by atoms with Crippen LogP contribution in [0.15, 0.2) is 22.7 Å². The van der Waals surface area contributed by atoms with Gasteiger partial charge in [-0.15, -0.1) is 0 Å². The lowest BCUT2D eigenvalue weighted by atomic mass is 10.1.